The molecular formula is C20H25ClN2O. The fourth-order valence-electron chi connectivity index (χ4n) is 3.73. The lowest BCUT2D eigenvalue weighted by Gasteiger charge is -2.50. The first-order valence-electron chi connectivity index (χ1n) is 8.45. The minimum Gasteiger partial charge on any atom is -0.391 e. The van der Waals surface area contributed by atoms with Gasteiger partial charge in [0, 0.05) is 32.1 Å². The van der Waals surface area contributed by atoms with Crippen LogP contribution in [0.2, 0.25) is 0 Å². The second kappa shape index (κ2) is 7.66. The first-order valence-corrected chi connectivity index (χ1v) is 8.99. The van der Waals surface area contributed by atoms with Gasteiger partial charge >= 0.3 is 0 Å². The molecule has 3 rings (SSSR count). The van der Waals surface area contributed by atoms with Crippen LogP contribution in [0.4, 0.5) is 0 Å². The lowest BCUT2D eigenvalue weighted by molar-refractivity contribution is 0.0182. The van der Waals surface area contributed by atoms with Crippen molar-refractivity contribution in [3.8, 4) is 0 Å². The van der Waals surface area contributed by atoms with Crippen LogP contribution in [0.3, 0.4) is 0 Å². The van der Waals surface area contributed by atoms with Crippen molar-refractivity contribution in [1.82, 2.24) is 9.80 Å². The van der Waals surface area contributed by atoms with Crippen molar-refractivity contribution in [3.63, 3.8) is 0 Å². The van der Waals surface area contributed by atoms with Crippen LogP contribution in [0.25, 0.3) is 0 Å². The zero-order valence-electron chi connectivity index (χ0n) is 14.1. The summed E-state index contributed by atoms with van der Waals surface area (Å²) in [6, 6.07) is 21.3. The molecule has 1 heterocycles. The number of hydrogen-bond acceptors (Lipinski definition) is 3. The number of alkyl halides is 1. The van der Waals surface area contributed by atoms with E-state index in [4.69, 9.17) is 11.6 Å². The Kier molecular flexibility index (Phi) is 5.57. The van der Waals surface area contributed by atoms with Gasteiger partial charge in [-0.25, -0.2) is 0 Å². The molecule has 1 atom stereocenters. The summed E-state index contributed by atoms with van der Waals surface area (Å²) in [6.45, 7) is 3.33. The van der Waals surface area contributed by atoms with E-state index >= 15 is 0 Å². The normalized spacial score (nSPS) is 20.0. The van der Waals surface area contributed by atoms with Gasteiger partial charge in [0.15, 0.2) is 0 Å². The summed E-state index contributed by atoms with van der Waals surface area (Å²) in [5.74, 6) is 0.274. The van der Waals surface area contributed by atoms with Gasteiger partial charge < -0.3 is 5.11 Å². The summed E-state index contributed by atoms with van der Waals surface area (Å²) in [6.07, 6.45) is -0.487. The SMILES string of the molecule is CN1CCN(CC(O)CCl)CC1(c1ccccc1)c1ccccc1. The molecule has 1 fully saturated rings. The van der Waals surface area contributed by atoms with E-state index in [1.54, 1.807) is 0 Å². The molecule has 0 aliphatic carbocycles. The molecule has 1 N–H and O–H groups in total. The summed E-state index contributed by atoms with van der Waals surface area (Å²) >= 11 is 5.82. The van der Waals surface area contributed by atoms with Gasteiger partial charge in [-0.15, -0.1) is 11.6 Å². The zero-order valence-corrected chi connectivity index (χ0v) is 14.9. The Morgan fingerprint density at radius 1 is 1.00 bits per heavy atom. The molecule has 2 aromatic carbocycles. The number of piperazine rings is 1. The Morgan fingerprint density at radius 2 is 1.54 bits per heavy atom. The monoisotopic (exact) mass is 344 g/mol. The molecule has 4 heteroatoms. The molecule has 0 radical (unpaired) electrons. The molecule has 24 heavy (non-hydrogen) atoms. The first-order chi connectivity index (χ1) is 11.7. The number of aliphatic hydroxyl groups excluding tert-OH is 1. The average Bonchev–Trinajstić information content (AvgIpc) is 2.64. The molecule has 2 aromatic rings. The van der Waals surface area contributed by atoms with Crippen molar-refractivity contribution in [2.75, 3.05) is 39.1 Å². The molecule has 1 saturated heterocycles. The smallest absolute Gasteiger partial charge is 0.0842 e. The van der Waals surface area contributed by atoms with Crippen LogP contribution in [0.15, 0.2) is 60.7 Å². The Morgan fingerprint density at radius 3 is 2.04 bits per heavy atom. The number of rotatable bonds is 5. The number of β-amino-alcohol motifs (C(OH)–C–C–N with tert-alkyl or cyclic N) is 1. The van der Waals surface area contributed by atoms with Gasteiger partial charge in [0.1, 0.15) is 0 Å². The van der Waals surface area contributed by atoms with E-state index in [1.165, 1.54) is 11.1 Å². The number of likely N-dealkylation sites (N-methyl/N-ethyl adjacent to an activating group) is 1. The summed E-state index contributed by atoms with van der Waals surface area (Å²) in [7, 11) is 2.19. The third-order valence-corrected chi connectivity index (χ3v) is 5.36. The Labute approximate surface area is 149 Å². The number of nitrogens with zero attached hydrogens (tertiary/aromatic N) is 2. The van der Waals surface area contributed by atoms with Crippen molar-refractivity contribution in [2.45, 2.75) is 11.6 Å². The molecule has 0 spiro atoms. The predicted molar refractivity (Wildman–Crippen MR) is 99.5 cm³/mol. The van der Waals surface area contributed by atoms with Gasteiger partial charge in [-0.1, -0.05) is 60.7 Å². The molecule has 128 valence electrons. The molecule has 0 saturated carbocycles. The van der Waals surface area contributed by atoms with Crippen LogP contribution >= 0.6 is 11.6 Å². The summed E-state index contributed by atoms with van der Waals surface area (Å²) in [5, 5.41) is 10.0. The van der Waals surface area contributed by atoms with Gasteiger partial charge in [-0.3, -0.25) is 9.80 Å². The van der Waals surface area contributed by atoms with Crippen LogP contribution < -0.4 is 0 Å². The van der Waals surface area contributed by atoms with E-state index in [0.717, 1.165) is 19.6 Å². The van der Waals surface area contributed by atoms with Crippen LogP contribution in [0.5, 0.6) is 0 Å². The number of aliphatic hydroxyl groups is 1. The van der Waals surface area contributed by atoms with Crippen LogP contribution in [-0.2, 0) is 5.54 Å². The maximum Gasteiger partial charge on any atom is 0.0842 e. The number of benzene rings is 2. The summed E-state index contributed by atoms with van der Waals surface area (Å²) in [5.41, 5.74) is 2.35. The van der Waals surface area contributed by atoms with Gasteiger partial charge in [0.2, 0.25) is 0 Å². The predicted octanol–water partition coefficient (Wildman–Crippen LogP) is 2.78. The average molecular weight is 345 g/mol. The molecule has 1 unspecified atom stereocenters. The maximum atomic E-state index is 10.0. The van der Waals surface area contributed by atoms with Gasteiger partial charge in [-0.2, -0.15) is 0 Å². The number of halogens is 1. The molecule has 0 aromatic heterocycles. The summed E-state index contributed by atoms with van der Waals surface area (Å²) < 4.78 is 0. The molecule has 1 aliphatic rings. The lowest BCUT2D eigenvalue weighted by Crippen LogP contribution is -2.60. The highest BCUT2D eigenvalue weighted by molar-refractivity contribution is 6.18. The van der Waals surface area contributed by atoms with Crippen LogP contribution in [-0.4, -0.2) is 60.1 Å². The standard InChI is InChI=1S/C20H25ClN2O/c1-22-12-13-23(15-19(24)14-21)16-20(22,17-8-4-2-5-9-17)18-10-6-3-7-11-18/h2-11,19,24H,12-16H2,1H3. The minimum atomic E-state index is -0.487. The third kappa shape index (κ3) is 3.35. The van der Waals surface area contributed by atoms with Crippen molar-refractivity contribution >= 4 is 11.6 Å². The first kappa shape index (κ1) is 17.4. The van der Waals surface area contributed by atoms with E-state index in [1.807, 2.05) is 0 Å². The van der Waals surface area contributed by atoms with E-state index in [2.05, 4.69) is 77.5 Å². The molecule has 0 amide bonds. The van der Waals surface area contributed by atoms with Gasteiger partial charge in [0.25, 0.3) is 0 Å². The quantitative estimate of drug-likeness (QED) is 0.845. The largest absolute Gasteiger partial charge is 0.391 e. The van der Waals surface area contributed by atoms with E-state index < -0.39 is 6.10 Å². The molecule has 0 bridgehead atoms. The second-order valence-electron chi connectivity index (χ2n) is 6.56. The van der Waals surface area contributed by atoms with Crippen molar-refractivity contribution in [3.05, 3.63) is 71.8 Å². The van der Waals surface area contributed by atoms with E-state index in [-0.39, 0.29) is 11.4 Å². The van der Waals surface area contributed by atoms with Crippen molar-refractivity contribution < 1.29 is 5.11 Å². The Balaban J connectivity index is 2.03. The highest BCUT2D eigenvalue weighted by Gasteiger charge is 2.42. The fourth-order valence-corrected chi connectivity index (χ4v) is 3.82. The Hall–Kier alpha value is -1.39. The molecular weight excluding hydrogens is 320 g/mol. The topological polar surface area (TPSA) is 26.7 Å². The van der Waals surface area contributed by atoms with Crippen molar-refractivity contribution in [1.29, 1.82) is 0 Å². The maximum absolute atomic E-state index is 10.0. The molecule has 3 nitrogen and oxygen atoms in total. The zero-order chi connectivity index (χ0) is 17.0. The lowest BCUT2D eigenvalue weighted by atomic mass is 9.79. The molecule has 1 aliphatic heterocycles. The van der Waals surface area contributed by atoms with Crippen LogP contribution in [0, 0.1) is 0 Å². The van der Waals surface area contributed by atoms with Crippen molar-refractivity contribution in [2.24, 2.45) is 0 Å². The minimum absolute atomic E-state index is 0.215. The van der Waals surface area contributed by atoms with Gasteiger partial charge in [-0.05, 0) is 18.2 Å². The van der Waals surface area contributed by atoms with Gasteiger partial charge in [0.05, 0.1) is 11.6 Å². The Bertz CT molecular complexity index is 595. The highest BCUT2D eigenvalue weighted by atomic mass is 35.5. The highest BCUT2D eigenvalue weighted by Crippen LogP contribution is 2.38. The summed E-state index contributed by atoms with van der Waals surface area (Å²) in [4.78, 5) is 4.76. The van der Waals surface area contributed by atoms with Crippen LogP contribution in [0.1, 0.15) is 11.1 Å². The van der Waals surface area contributed by atoms with E-state index in [0.29, 0.717) is 6.54 Å². The van der Waals surface area contributed by atoms with E-state index in [9.17, 15) is 5.11 Å². The third-order valence-electron chi connectivity index (χ3n) is 5.01. The fraction of sp³-hybridized carbons (Fsp3) is 0.400. The second-order valence-corrected chi connectivity index (χ2v) is 6.87. The number of hydrogen-bond donors (Lipinski definition) is 1.